The van der Waals surface area contributed by atoms with Gasteiger partial charge in [0, 0.05) is 11.9 Å². The smallest absolute Gasteiger partial charge is 0.239 e. The van der Waals surface area contributed by atoms with Crippen LogP contribution in [0, 0.1) is 11.3 Å². The standard InChI is InChI=1S/C26H24N4OS/c1-26(22-13-21(15-32-22)20-5-3-4-16(12-20)14-27)23(24(31)30(2)25(28)29-26)19-10-8-18(9-11-19)17-6-7-17/h3-5,8-13,15,17,23H,6-7H2,1-2H3,(H2,28,29)/t23-,26-/m1/s1. The summed E-state index contributed by atoms with van der Waals surface area (Å²) in [7, 11) is 1.68. The first kappa shape index (κ1) is 20.5. The summed E-state index contributed by atoms with van der Waals surface area (Å²) in [5.41, 5.74) is 10.2. The maximum Gasteiger partial charge on any atom is 0.239 e. The zero-order valence-corrected chi connectivity index (χ0v) is 18.9. The SMILES string of the molecule is CN1C(=O)[C@@H](c2ccc(C3CC3)cc2)[C@@](C)(c2cc(-c3cccc(C#N)c3)cs2)N=C1N. The van der Waals surface area contributed by atoms with Gasteiger partial charge in [-0.25, -0.2) is 4.99 Å². The van der Waals surface area contributed by atoms with Crippen LogP contribution in [0.5, 0.6) is 0 Å². The summed E-state index contributed by atoms with van der Waals surface area (Å²) in [6, 6.07) is 20.2. The number of amides is 1. The number of nitrogens with two attached hydrogens (primary N) is 1. The monoisotopic (exact) mass is 440 g/mol. The highest BCUT2D eigenvalue weighted by Gasteiger charge is 2.48. The van der Waals surface area contributed by atoms with Crippen LogP contribution in [0.3, 0.4) is 0 Å². The van der Waals surface area contributed by atoms with Crippen LogP contribution in [0.1, 0.15) is 53.2 Å². The van der Waals surface area contributed by atoms with Gasteiger partial charge >= 0.3 is 0 Å². The van der Waals surface area contributed by atoms with Crippen molar-refractivity contribution in [1.29, 1.82) is 5.26 Å². The summed E-state index contributed by atoms with van der Waals surface area (Å²) in [6.45, 7) is 1.99. The molecule has 1 aromatic heterocycles. The molecule has 1 aliphatic carbocycles. The summed E-state index contributed by atoms with van der Waals surface area (Å²) in [5.74, 6) is 0.369. The molecule has 0 saturated heterocycles. The molecule has 160 valence electrons. The quantitative estimate of drug-likeness (QED) is 0.623. The normalized spacial score (nSPS) is 23.0. The van der Waals surface area contributed by atoms with Gasteiger partial charge in [0.15, 0.2) is 5.96 Å². The Balaban J connectivity index is 1.58. The molecule has 5 nitrogen and oxygen atoms in total. The lowest BCUT2D eigenvalue weighted by molar-refractivity contribution is -0.130. The van der Waals surface area contributed by atoms with Crippen molar-refractivity contribution >= 4 is 23.2 Å². The molecule has 32 heavy (non-hydrogen) atoms. The average molecular weight is 441 g/mol. The van der Waals surface area contributed by atoms with Crippen LogP contribution in [0.25, 0.3) is 11.1 Å². The second kappa shape index (κ2) is 7.61. The number of thiophene rings is 1. The fourth-order valence-electron chi connectivity index (χ4n) is 4.49. The van der Waals surface area contributed by atoms with Gasteiger partial charge in [0.2, 0.25) is 5.91 Å². The third-order valence-electron chi connectivity index (χ3n) is 6.57. The maximum atomic E-state index is 13.5. The second-order valence-electron chi connectivity index (χ2n) is 8.78. The van der Waals surface area contributed by atoms with Gasteiger partial charge in [-0.05, 0) is 71.5 Å². The summed E-state index contributed by atoms with van der Waals surface area (Å²) >= 11 is 1.57. The summed E-state index contributed by atoms with van der Waals surface area (Å²) in [4.78, 5) is 20.7. The number of hydrogen-bond acceptors (Lipinski definition) is 5. The van der Waals surface area contributed by atoms with Crippen molar-refractivity contribution in [3.63, 3.8) is 0 Å². The van der Waals surface area contributed by atoms with Gasteiger partial charge in [-0.15, -0.1) is 11.3 Å². The van der Waals surface area contributed by atoms with Crippen LogP contribution in [0.4, 0.5) is 0 Å². The van der Waals surface area contributed by atoms with E-state index < -0.39 is 11.5 Å². The van der Waals surface area contributed by atoms with E-state index in [1.165, 1.54) is 23.3 Å². The van der Waals surface area contributed by atoms with E-state index in [9.17, 15) is 10.1 Å². The topological polar surface area (TPSA) is 82.5 Å². The van der Waals surface area contributed by atoms with E-state index in [-0.39, 0.29) is 11.9 Å². The first-order chi connectivity index (χ1) is 15.4. The number of carbonyl (C=O) groups is 1. The minimum Gasteiger partial charge on any atom is -0.369 e. The van der Waals surface area contributed by atoms with E-state index >= 15 is 0 Å². The van der Waals surface area contributed by atoms with Gasteiger partial charge in [-0.3, -0.25) is 9.69 Å². The molecule has 1 fully saturated rings. The minimum absolute atomic E-state index is 0.0550. The fourth-order valence-corrected chi connectivity index (χ4v) is 5.54. The number of benzene rings is 2. The number of carbonyl (C=O) groups excluding carboxylic acids is 1. The van der Waals surface area contributed by atoms with Crippen molar-refractivity contribution < 1.29 is 4.79 Å². The minimum atomic E-state index is -0.815. The predicted molar refractivity (Wildman–Crippen MR) is 127 cm³/mol. The average Bonchev–Trinajstić information content (AvgIpc) is 3.53. The zero-order valence-electron chi connectivity index (χ0n) is 18.1. The van der Waals surface area contributed by atoms with Crippen molar-refractivity contribution in [2.45, 2.75) is 37.1 Å². The highest BCUT2D eigenvalue weighted by Crippen LogP contribution is 2.47. The second-order valence-corrected chi connectivity index (χ2v) is 9.69. The van der Waals surface area contributed by atoms with Gasteiger partial charge in [-0.2, -0.15) is 5.26 Å². The molecule has 0 unspecified atom stereocenters. The van der Waals surface area contributed by atoms with Gasteiger partial charge in [0.25, 0.3) is 0 Å². The number of aliphatic imine (C=N–C) groups is 1. The van der Waals surface area contributed by atoms with E-state index in [2.05, 4.69) is 41.8 Å². The van der Waals surface area contributed by atoms with Crippen molar-refractivity contribution in [1.82, 2.24) is 4.90 Å². The number of rotatable bonds is 4. The zero-order chi connectivity index (χ0) is 22.5. The largest absolute Gasteiger partial charge is 0.369 e. The molecule has 2 atom stereocenters. The van der Waals surface area contributed by atoms with Crippen molar-refractivity contribution in [3.05, 3.63) is 81.5 Å². The Hall–Kier alpha value is -3.43. The van der Waals surface area contributed by atoms with E-state index in [0.29, 0.717) is 11.5 Å². The molecule has 2 heterocycles. The van der Waals surface area contributed by atoms with Crippen LogP contribution >= 0.6 is 11.3 Å². The van der Waals surface area contributed by atoms with Gasteiger partial charge in [0.1, 0.15) is 5.54 Å². The summed E-state index contributed by atoms with van der Waals surface area (Å²) in [5, 5.41) is 11.3. The molecular formula is C26H24N4OS. The Bertz CT molecular complexity index is 1270. The molecule has 5 rings (SSSR count). The van der Waals surface area contributed by atoms with Crippen molar-refractivity contribution in [3.8, 4) is 17.2 Å². The van der Waals surface area contributed by atoms with Gasteiger partial charge in [0.05, 0.1) is 17.6 Å². The molecular weight excluding hydrogens is 416 g/mol. The molecule has 2 aliphatic rings. The Morgan fingerprint density at radius 3 is 2.53 bits per heavy atom. The highest BCUT2D eigenvalue weighted by molar-refractivity contribution is 7.10. The van der Waals surface area contributed by atoms with Crippen LogP contribution in [0.15, 0.2) is 65.0 Å². The molecule has 1 aliphatic heterocycles. The van der Waals surface area contributed by atoms with Crippen LogP contribution < -0.4 is 5.73 Å². The lowest BCUT2D eigenvalue weighted by Gasteiger charge is -2.40. The van der Waals surface area contributed by atoms with E-state index in [0.717, 1.165) is 21.6 Å². The number of nitrogens with zero attached hydrogens (tertiary/aromatic N) is 3. The maximum absolute atomic E-state index is 13.5. The van der Waals surface area contributed by atoms with Crippen LogP contribution in [-0.4, -0.2) is 23.8 Å². The fraction of sp³-hybridized carbons (Fsp3) is 0.269. The number of likely N-dealkylation sites (N-methyl/N-ethyl adjacent to an activating group) is 1. The Morgan fingerprint density at radius 1 is 1.12 bits per heavy atom. The Kier molecular flexibility index (Phi) is 4.87. The van der Waals surface area contributed by atoms with E-state index in [1.54, 1.807) is 24.5 Å². The Labute approximate surface area is 191 Å². The van der Waals surface area contributed by atoms with Crippen molar-refractivity contribution in [2.75, 3.05) is 7.05 Å². The molecule has 2 aromatic carbocycles. The molecule has 0 bridgehead atoms. The lowest BCUT2D eigenvalue weighted by Crippen LogP contribution is -2.52. The first-order valence-corrected chi connectivity index (χ1v) is 11.6. The van der Waals surface area contributed by atoms with Gasteiger partial charge in [-0.1, -0.05) is 36.4 Å². The molecule has 6 heteroatoms. The van der Waals surface area contributed by atoms with Crippen LogP contribution in [0.2, 0.25) is 0 Å². The summed E-state index contributed by atoms with van der Waals surface area (Å²) in [6.07, 6.45) is 2.49. The van der Waals surface area contributed by atoms with E-state index in [1.807, 2.05) is 25.1 Å². The lowest BCUT2D eigenvalue weighted by atomic mass is 9.77. The molecule has 1 saturated carbocycles. The first-order valence-electron chi connectivity index (χ1n) is 10.7. The van der Waals surface area contributed by atoms with Crippen LogP contribution in [-0.2, 0) is 10.3 Å². The van der Waals surface area contributed by atoms with E-state index in [4.69, 9.17) is 10.7 Å². The number of nitriles is 1. The molecule has 2 N–H and O–H groups in total. The van der Waals surface area contributed by atoms with Crippen molar-refractivity contribution in [2.24, 2.45) is 10.7 Å². The van der Waals surface area contributed by atoms with Gasteiger partial charge < -0.3 is 5.73 Å². The number of guanidine groups is 1. The predicted octanol–water partition coefficient (Wildman–Crippen LogP) is 4.95. The number of hydrogen-bond donors (Lipinski definition) is 1. The third-order valence-corrected chi connectivity index (χ3v) is 7.73. The Morgan fingerprint density at radius 2 is 1.84 bits per heavy atom. The summed E-state index contributed by atoms with van der Waals surface area (Å²) < 4.78 is 0. The molecule has 1 amide bonds. The molecule has 3 aromatic rings. The molecule has 0 spiro atoms. The third kappa shape index (κ3) is 3.39. The molecule has 0 radical (unpaired) electrons. The highest BCUT2D eigenvalue weighted by atomic mass is 32.1.